The Hall–Kier alpha value is -2.28. The van der Waals surface area contributed by atoms with Crippen molar-refractivity contribution in [1.82, 2.24) is 9.27 Å². The van der Waals surface area contributed by atoms with Crippen molar-refractivity contribution in [3.05, 3.63) is 35.5 Å². The maximum Gasteiger partial charge on any atom is 0.258 e. The number of aryl methyl sites for hydroxylation is 1. The fourth-order valence-corrected chi connectivity index (χ4v) is 3.26. The van der Waals surface area contributed by atoms with E-state index in [4.69, 9.17) is 9.47 Å². The van der Waals surface area contributed by atoms with E-state index in [0.29, 0.717) is 24.5 Å². The largest absolute Gasteiger partial charge is 0.486 e. The number of ether oxygens (including phenoxy) is 2. The molecule has 1 aliphatic heterocycles. The number of anilines is 1. The quantitative estimate of drug-likeness (QED) is 0.931. The van der Waals surface area contributed by atoms with E-state index < -0.39 is 0 Å². The summed E-state index contributed by atoms with van der Waals surface area (Å²) in [7, 11) is 3.56. The zero-order chi connectivity index (χ0) is 16.4. The van der Waals surface area contributed by atoms with Crippen molar-refractivity contribution >= 4 is 22.4 Å². The van der Waals surface area contributed by atoms with E-state index in [1.807, 2.05) is 31.2 Å². The van der Waals surface area contributed by atoms with E-state index in [-0.39, 0.29) is 12.0 Å². The normalized spacial score (nSPS) is 16.0. The highest BCUT2D eigenvalue weighted by Gasteiger charge is 2.26. The first-order chi connectivity index (χ1) is 11.1. The fourth-order valence-electron chi connectivity index (χ4n) is 2.52. The molecule has 0 radical (unpaired) electrons. The van der Waals surface area contributed by atoms with Gasteiger partial charge in [0.05, 0.1) is 17.8 Å². The van der Waals surface area contributed by atoms with Crippen molar-refractivity contribution in [3.63, 3.8) is 0 Å². The van der Waals surface area contributed by atoms with Crippen molar-refractivity contribution in [2.24, 2.45) is 0 Å². The van der Waals surface area contributed by atoms with Gasteiger partial charge >= 0.3 is 0 Å². The van der Waals surface area contributed by atoms with Gasteiger partial charge in [-0.2, -0.15) is 4.37 Å². The molecule has 2 heterocycles. The van der Waals surface area contributed by atoms with E-state index in [1.165, 1.54) is 11.5 Å². The number of nitrogens with zero attached hydrogens (tertiary/aromatic N) is 2. The Bertz CT molecular complexity index is 716. The third-order valence-corrected chi connectivity index (χ3v) is 4.65. The molecule has 1 aliphatic rings. The lowest BCUT2D eigenvalue weighted by Gasteiger charge is -2.29. The lowest BCUT2D eigenvalue weighted by atomic mass is 10.2. The minimum Gasteiger partial charge on any atom is -0.486 e. The number of carbonyl (C=O) groups excluding carboxylic acids is 1. The van der Waals surface area contributed by atoms with Crippen LogP contribution in [0.4, 0.5) is 5.00 Å². The smallest absolute Gasteiger partial charge is 0.258 e. The Labute approximate surface area is 139 Å². The summed E-state index contributed by atoms with van der Waals surface area (Å²) in [5, 5.41) is 3.80. The molecule has 0 saturated heterocycles. The summed E-state index contributed by atoms with van der Waals surface area (Å²) in [4.78, 5) is 14.3. The van der Waals surface area contributed by atoms with Crippen LogP contribution in [-0.2, 0) is 0 Å². The van der Waals surface area contributed by atoms with Crippen molar-refractivity contribution in [1.29, 1.82) is 0 Å². The molecular formula is C16H19N3O3S. The zero-order valence-corrected chi connectivity index (χ0v) is 14.1. The van der Waals surface area contributed by atoms with Gasteiger partial charge in [-0.25, -0.2) is 0 Å². The van der Waals surface area contributed by atoms with Gasteiger partial charge in [0.25, 0.3) is 5.91 Å². The number of benzene rings is 1. The lowest BCUT2D eigenvalue weighted by molar-refractivity contribution is 0.0521. The summed E-state index contributed by atoms with van der Waals surface area (Å²) in [6.45, 7) is 2.72. The molecule has 0 fully saturated rings. The molecule has 1 amide bonds. The van der Waals surface area contributed by atoms with Gasteiger partial charge in [-0.05, 0) is 30.6 Å². The van der Waals surface area contributed by atoms with Gasteiger partial charge in [-0.1, -0.05) is 12.1 Å². The third kappa shape index (κ3) is 3.10. The van der Waals surface area contributed by atoms with Gasteiger partial charge in [0, 0.05) is 14.1 Å². The molecule has 6 nitrogen and oxygen atoms in total. The number of amides is 1. The number of likely N-dealkylation sites (N-methyl/N-ethyl adjacent to an activating group) is 1. The van der Waals surface area contributed by atoms with Crippen molar-refractivity contribution in [3.8, 4) is 11.5 Å². The molecule has 23 heavy (non-hydrogen) atoms. The molecule has 0 unspecified atom stereocenters. The first-order valence-corrected chi connectivity index (χ1v) is 8.15. The second-order valence-corrected chi connectivity index (χ2v) is 6.18. The first kappa shape index (κ1) is 15.6. The highest BCUT2D eigenvalue weighted by molar-refractivity contribution is 7.10. The van der Waals surface area contributed by atoms with E-state index >= 15 is 0 Å². The number of para-hydroxylation sites is 2. The number of hydrogen-bond donors (Lipinski definition) is 1. The van der Waals surface area contributed by atoms with Gasteiger partial charge in [0.15, 0.2) is 17.6 Å². The molecule has 122 valence electrons. The van der Waals surface area contributed by atoms with Crippen LogP contribution < -0.4 is 14.8 Å². The van der Waals surface area contributed by atoms with E-state index in [1.54, 1.807) is 19.0 Å². The maximum atomic E-state index is 12.7. The Morgan fingerprint density at radius 3 is 2.91 bits per heavy atom. The van der Waals surface area contributed by atoms with E-state index in [0.717, 1.165) is 16.4 Å². The molecule has 0 saturated carbocycles. The summed E-state index contributed by atoms with van der Waals surface area (Å²) in [5.41, 5.74) is 1.36. The second kappa shape index (κ2) is 6.45. The van der Waals surface area contributed by atoms with Gasteiger partial charge in [0.1, 0.15) is 11.6 Å². The monoisotopic (exact) mass is 333 g/mol. The summed E-state index contributed by atoms with van der Waals surface area (Å²) in [5.74, 6) is 1.39. The standard InChI is InChI=1S/C16H19N3O3S/c1-10-14(15(17-2)23-18-10)16(20)19(3)8-11-9-21-12-6-4-5-7-13(12)22-11/h4-7,11,17H,8-9H2,1-3H3/t11-/m1/s1. The molecule has 2 aromatic rings. The Morgan fingerprint density at radius 2 is 2.17 bits per heavy atom. The number of fused-ring (bicyclic) bond motifs is 1. The van der Waals surface area contributed by atoms with Gasteiger partial charge < -0.3 is 19.7 Å². The van der Waals surface area contributed by atoms with E-state index in [9.17, 15) is 4.79 Å². The topological polar surface area (TPSA) is 63.7 Å². The average molecular weight is 333 g/mol. The first-order valence-electron chi connectivity index (χ1n) is 7.38. The predicted molar refractivity (Wildman–Crippen MR) is 89.7 cm³/mol. The maximum absolute atomic E-state index is 12.7. The van der Waals surface area contributed by atoms with Crippen LogP contribution in [0.2, 0.25) is 0 Å². The number of nitrogens with one attached hydrogen (secondary N) is 1. The molecule has 1 aromatic carbocycles. The molecule has 1 aromatic heterocycles. The van der Waals surface area contributed by atoms with Crippen molar-refractivity contribution < 1.29 is 14.3 Å². The van der Waals surface area contributed by atoms with Crippen molar-refractivity contribution in [2.45, 2.75) is 13.0 Å². The molecular weight excluding hydrogens is 314 g/mol. The summed E-state index contributed by atoms with van der Waals surface area (Å²) in [6, 6.07) is 7.55. The third-order valence-electron chi connectivity index (χ3n) is 3.70. The number of hydrogen-bond acceptors (Lipinski definition) is 6. The average Bonchev–Trinajstić information content (AvgIpc) is 2.94. The minimum atomic E-state index is -0.191. The Morgan fingerprint density at radius 1 is 1.43 bits per heavy atom. The van der Waals surface area contributed by atoms with Crippen LogP contribution in [0.25, 0.3) is 0 Å². The predicted octanol–water partition coefficient (Wildman–Crippen LogP) is 2.41. The number of aromatic nitrogens is 1. The van der Waals surface area contributed by atoms with Crippen LogP contribution in [0.1, 0.15) is 16.1 Å². The number of carbonyl (C=O) groups is 1. The summed E-state index contributed by atoms with van der Waals surface area (Å²) >= 11 is 1.29. The molecule has 0 aliphatic carbocycles. The van der Waals surface area contributed by atoms with Crippen LogP contribution >= 0.6 is 11.5 Å². The Kier molecular flexibility index (Phi) is 4.38. The molecule has 0 bridgehead atoms. The highest BCUT2D eigenvalue weighted by atomic mass is 32.1. The zero-order valence-electron chi connectivity index (χ0n) is 13.3. The molecule has 3 rings (SSSR count). The van der Waals surface area contributed by atoms with Gasteiger partial charge in [-0.3, -0.25) is 4.79 Å². The summed E-state index contributed by atoms with van der Waals surface area (Å²) in [6.07, 6.45) is -0.191. The fraction of sp³-hybridized carbons (Fsp3) is 0.375. The molecule has 0 spiro atoms. The van der Waals surface area contributed by atoms with Gasteiger partial charge in [-0.15, -0.1) is 0 Å². The van der Waals surface area contributed by atoms with Crippen LogP contribution in [0.15, 0.2) is 24.3 Å². The number of rotatable bonds is 4. The van der Waals surface area contributed by atoms with Crippen LogP contribution in [-0.4, -0.2) is 48.5 Å². The van der Waals surface area contributed by atoms with E-state index in [2.05, 4.69) is 9.69 Å². The molecule has 7 heteroatoms. The summed E-state index contributed by atoms with van der Waals surface area (Å²) < 4.78 is 15.8. The van der Waals surface area contributed by atoms with Gasteiger partial charge in [0.2, 0.25) is 0 Å². The second-order valence-electron chi connectivity index (χ2n) is 5.41. The lowest BCUT2D eigenvalue weighted by Crippen LogP contribution is -2.42. The molecule has 1 atom stereocenters. The van der Waals surface area contributed by atoms with Crippen LogP contribution in [0.3, 0.4) is 0 Å². The molecule has 1 N–H and O–H groups in total. The Balaban J connectivity index is 1.69. The van der Waals surface area contributed by atoms with Crippen LogP contribution in [0.5, 0.6) is 11.5 Å². The minimum absolute atomic E-state index is 0.0666. The van der Waals surface area contributed by atoms with Crippen molar-refractivity contribution in [2.75, 3.05) is 32.6 Å². The SMILES string of the molecule is CNc1snc(C)c1C(=O)N(C)C[C@@H]1COc2ccccc2O1. The highest BCUT2D eigenvalue weighted by Crippen LogP contribution is 2.31. The van der Waals surface area contributed by atoms with Crippen LogP contribution in [0, 0.1) is 6.92 Å².